The first-order valence-corrected chi connectivity index (χ1v) is 6.03. The summed E-state index contributed by atoms with van der Waals surface area (Å²) in [6, 6.07) is 0. The summed E-state index contributed by atoms with van der Waals surface area (Å²) in [4.78, 5) is 11.3. The number of aliphatic hydroxyl groups is 1. The number of nitrogens with one attached hydrogen (secondary N) is 1. The monoisotopic (exact) mass is 265 g/mol. The first kappa shape index (κ1) is 13.9. The molecule has 0 saturated carbocycles. The Morgan fingerprint density at radius 1 is 1.36 bits per heavy atom. The standard InChI is InChI=1S/C10H20BrNO2/c1-8(2)9(11)10(14)12-6-4-3-5-7-13/h8-9,13H,3-7H2,1-2H3,(H,12,14). The molecular weight excluding hydrogens is 246 g/mol. The van der Waals surface area contributed by atoms with E-state index in [2.05, 4.69) is 21.2 Å². The number of carbonyl (C=O) groups is 1. The lowest BCUT2D eigenvalue weighted by atomic mass is 10.1. The second-order valence-corrected chi connectivity index (χ2v) is 4.71. The largest absolute Gasteiger partial charge is 0.396 e. The molecule has 0 heterocycles. The van der Waals surface area contributed by atoms with Crippen LogP contribution in [0.2, 0.25) is 0 Å². The first-order valence-electron chi connectivity index (χ1n) is 5.12. The predicted octanol–water partition coefficient (Wildman–Crippen LogP) is 1.68. The molecule has 1 unspecified atom stereocenters. The number of alkyl halides is 1. The zero-order valence-electron chi connectivity index (χ0n) is 8.92. The number of hydrogen-bond donors (Lipinski definition) is 2. The number of rotatable bonds is 7. The van der Waals surface area contributed by atoms with Gasteiger partial charge in [0.15, 0.2) is 0 Å². The summed E-state index contributed by atoms with van der Waals surface area (Å²) in [5.41, 5.74) is 0. The van der Waals surface area contributed by atoms with E-state index in [1.54, 1.807) is 0 Å². The van der Waals surface area contributed by atoms with Crippen LogP contribution in [-0.4, -0.2) is 29.0 Å². The number of halogens is 1. The van der Waals surface area contributed by atoms with Gasteiger partial charge in [0.1, 0.15) is 0 Å². The molecule has 0 rings (SSSR count). The van der Waals surface area contributed by atoms with Gasteiger partial charge in [-0.25, -0.2) is 0 Å². The van der Waals surface area contributed by atoms with E-state index in [-0.39, 0.29) is 17.3 Å². The molecule has 0 spiro atoms. The molecule has 0 aliphatic rings. The Morgan fingerprint density at radius 3 is 2.50 bits per heavy atom. The minimum atomic E-state index is -0.0969. The minimum absolute atomic E-state index is 0.0593. The van der Waals surface area contributed by atoms with Gasteiger partial charge in [0, 0.05) is 13.2 Å². The maximum absolute atomic E-state index is 11.4. The van der Waals surface area contributed by atoms with Gasteiger partial charge >= 0.3 is 0 Å². The fourth-order valence-electron chi connectivity index (χ4n) is 1.03. The molecule has 0 radical (unpaired) electrons. The molecule has 1 amide bonds. The fourth-order valence-corrected chi connectivity index (χ4v) is 1.19. The van der Waals surface area contributed by atoms with Gasteiger partial charge in [0.05, 0.1) is 4.83 Å². The molecule has 0 aromatic rings. The highest BCUT2D eigenvalue weighted by atomic mass is 79.9. The first-order chi connectivity index (χ1) is 6.59. The molecule has 0 aromatic heterocycles. The fraction of sp³-hybridized carbons (Fsp3) is 0.900. The number of hydrogen-bond acceptors (Lipinski definition) is 2. The van der Waals surface area contributed by atoms with Gasteiger partial charge in [-0.05, 0) is 25.2 Å². The quantitative estimate of drug-likeness (QED) is 0.544. The third-order valence-electron chi connectivity index (χ3n) is 1.97. The van der Waals surface area contributed by atoms with Crippen molar-refractivity contribution < 1.29 is 9.90 Å². The van der Waals surface area contributed by atoms with Crippen molar-refractivity contribution in [2.45, 2.75) is 37.9 Å². The highest BCUT2D eigenvalue weighted by Gasteiger charge is 2.17. The summed E-state index contributed by atoms with van der Waals surface area (Å²) in [6.45, 7) is 4.95. The van der Waals surface area contributed by atoms with Crippen molar-refractivity contribution in [3.05, 3.63) is 0 Å². The second-order valence-electron chi connectivity index (χ2n) is 3.72. The Hall–Kier alpha value is -0.0900. The smallest absolute Gasteiger partial charge is 0.234 e. The van der Waals surface area contributed by atoms with Gasteiger partial charge in [-0.15, -0.1) is 0 Å². The maximum Gasteiger partial charge on any atom is 0.234 e. The molecule has 0 aromatic carbocycles. The van der Waals surface area contributed by atoms with Crippen LogP contribution in [0.1, 0.15) is 33.1 Å². The predicted molar refractivity (Wildman–Crippen MR) is 61.5 cm³/mol. The molecule has 0 bridgehead atoms. The molecule has 4 heteroatoms. The lowest BCUT2D eigenvalue weighted by Gasteiger charge is -2.13. The van der Waals surface area contributed by atoms with E-state index < -0.39 is 0 Å². The van der Waals surface area contributed by atoms with Crippen LogP contribution in [0.25, 0.3) is 0 Å². The van der Waals surface area contributed by atoms with Crippen molar-refractivity contribution in [1.29, 1.82) is 0 Å². The summed E-state index contributed by atoms with van der Waals surface area (Å²) in [5, 5.41) is 11.4. The van der Waals surface area contributed by atoms with Crippen LogP contribution < -0.4 is 5.32 Å². The molecule has 0 saturated heterocycles. The van der Waals surface area contributed by atoms with Crippen LogP contribution in [0, 0.1) is 5.92 Å². The molecule has 0 aliphatic heterocycles. The lowest BCUT2D eigenvalue weighted by molar-refractivity contribution is -0.121. The number of aliphatic hydroxyl groups excluding tert-OH is 1. The Balaban J connectivity index is 3.44. The highest BCUT2D eigenvalue weighted by molar-refractivity contribution is 9.10. The summed E-state index contributed by atoms with van der Waals surface area (Å²) >= 11 is 3.34. The average molecular weight is 266 g/mol. The van der Waals surface area contributed by atoms with Crippen LogP contribution in [-0.2, 0) is 4.79 Å². The van der Waals surface area contributed by atoms with E-state index in [0.717, 1.165) is 19.3 Å². The van der Waals surface area contributed by atoms with E-state index in [1.807, 2.05) is 13.8 Å². The molecule has 3 nitrogen and oxygen atoms in total. The topological polar surface area (TPSA) is 49.3 Å². The van der Waals surface area contributed by atoms with Crippen LogP contribution in [0.15, 0.2) is 0 Å². The van der Waals surface area contributed by atoms with Crippen LogP contribution in [0.5, 0.6) is 0 Å². The van der Waals surface area contributed by atoms with Crippen molar-refractivity contribution in [1.82, 2.24) is 5.32 Å². The van der Waals surface area contributed by atoms with Gasteiger partial charge in [-0.2, -0.15) is 0 Å². The van der Waals surface area contributed by atoms with Crippen molar-refractivity contribution in [2.24, 2.45) is 5.92 Å². The van der Waals surface area contributed by atoms with Crippen LogP contribution in [0.4, 0.5) is 0 Å². The van der Waals surface area contributed by atoms with Gasteiger partial charge < -0.3 is 10.4 Å². The van der Waals surface area contributed by atoms with E-state index >= 15 is 0 Å². The van der Waals surface area contributed by atoms with Crippen molar-refractivity contribution in [3.8, 4) is 0 Å². The normalized spacial score (nSPS) is 12.9. The van der Waals surface area contributed by atoms with Crippen molar-refractivity contribution in [3.63, 3.8) is 0 Å². The summed E-state index contributed by atoms with van der Waals surface area (Å²) in [5.74, 6) is 0.372. The number of carbonyl (C=O) groups excluding carboxylic acids is 1. The summed E-state index contributed by atoms with van der Waals surface area (Å²) in [7, 11) is 0. The van der Waals surface area contributed by atoms with Gasteiger partial charge in [-0.3, -0.25) is 4.79 Å². The minimum Gasteiger partial charge on any atom is -0.396 e. The van der Waals surface area contributed by atoms with E-state index in [0.29, 0.717) is 12.5 Å². The zero-order valence-corrected chi connectivity index (χ0v) is 10.5. The third kappa shape index (κ3) is 6.38. The van der Waals surface area contributed by atoms with E-state index in [1.165, 1.54) is 0 Å². The maximum atomic E-state index is 11.4. The summed E-state index contributed by atoms with van der Waals surface area (Å²) in [6.07, 6.45) is 2.72. The lowest BCUT2D eigenvalue weighted by Crippen LogP contribution is -2.34. The Kier molecular flexibility index (Phi) is 8.18. The molecule has 2 N–H and O–H groups in total. The Morgan fingerprint density at radius 2 is 2.00 bits per heavy atom. The second kappa shape index (κ2) is 8.24. The molecule has 84 valence electrons. The van der Waals surface area contributed by atoms with E-state index in [4.69, 9.17) is 5.11 Å². The van der Waals surface area contributed by atoms with Crippen LogP contribution in [0.3, 0.4) is 0 Å². The summed E-state index contributed by atoms with van der Waals surface area (Å²) < 4.78 is 0. The molecule has 14 heavy (non-hydrogen) atoms. The van der Waals surface area contributed by atoms with Crippen molar-refractivity contribution in [2.75, 3.05) is 13.2 Å². The van der Waals surface area contributed by atoms with Gasteiger partial charge in [0.2, 0.25) is 5.91 Å². The van der Waals surface area contributed by atoms with Crippen LogP contribution >= 0.6 is 15.9 Å². The highest BCUT2D eigenvalue weighted by Crippen LogP contribution is 2.11. The number of amides is 1. The molecular formula is C10H20BrNO2. The van der Waals surface area contributed by atoms with Crippen molar-refractivity contribution >= 4 is 21.8 Å². The molecule has 0 aliphatic carbocycles. The SMILES string of the molecule is CC(C)C(Br)C(=O)NCCCCCO. The molecule has 0 fully saturated rings. The Bertz CT molecular complexity index is 162. The zero-order chi connectivity index (χ0) is 11.0. The molecule has 1 atom stereocenters. The number of unbranched alkanes of at least 4 members (excludes halogenated alkanes) is 2. The third-order valence-corrected chi connectivity index (χ3v) is 3.44. The Labute approximate surface area is 94.4 Å². The van der Waals surface area contributed by atoms with E-state index in [9.17, 15) is 4.79 Å². The van der Waals surface area contributed by atoms with Gasteiger partial charge in [-0.1, -0.05) is 29.8 Å². The van der Waals surface area contributed by atoms with Gasteiger partial charge in [0.25, 0.3) is 0 Å². The average Bonchev–Trinajstić information content (AvgIpc) is 2.16.